The first-order chi connectivity index (χ1) is 11.1. The van der Waals surface area contributed by atoms with Crippen LogP contribution in [0.2, 0.25) is 0 Å². The largest absolute Gasteiger partial charge is 0.491 e. The Morgan fingerprint density at radius 3 is 2.50 bits per heavy atom. The van der Waals surface area contributed by atoms with Crippen LogP contribution in [0, 0.1) is 5.41 Å². The Labute approximate surface area is 150 Å². The fourth-order valence-corrected chi connectivity index (χ4v) is 2.82. The average molecular weight is 357 g/mol. The molecule has 1 amide bonds. The Balaban J connectivity index is 0.00000288. The number of halogens is 1. The van der Waals surface area contributed by atoms with E-state index in [9.17, 15) is 4.79 Å². The first-order valence-electron chi connectivity index (χ1n) is 8.49. The van der Waals surface area contributed by atoms with Crippen LogP contribution in [0.15, 0.2) is 24.3 Å². The molecule has 3 N–H and O–H groups in total. The monoisotopic (exact) mass is 356 g/mol. The van der Waals surface area contributed by atoms with E-state index in [1.807, 2.05) is 38.1 Å². The van der Waals surface area contributed by atoms with Crippen LogP contribution in [0.25, 0.3) is 0 Å². The van der Waals surface area contributed by atoms with E-state index >= 15 is 0 Å². The number of carbonyl (C=O) groups is 1. The van der Waals surface area contributed by atoms with Gasteiger partial charge in [0.05, 0.1) is 11.5 Å². The van der Waals surface area contributed by atoms with Crippen molar-refractivity contribution in [2.45, 2.75) is 45.6 Å². The number of anilines is 1. The van der Waals surface area contributed by atoms with Crippen molar-refractivity contribution >= 4 is 24.0 Å². The summed E-state index contributed by atoms with van der Waals surface area (Å²) in [5, 5.41) is 2.96. The van der Waals surface area contributed by atoms with Gasteiger partial charge in [-0.25, -0.2) is 0 Å². The zero-order chi connectivity index (χ0) is 16.7. The van der Waals surface area contributed by atoms with Crippen LogP contribution in [-0.4, -0.2) is 31.8 Å². The lowest BCUT2D eigenvalue weighted by molar-refractivity contribution is -0.125. The van der Waals surface area contributed by atoms with Crippen molar-refractivity contribution in [1.29, 1.82) is 0 Å². The maximum Gasteiger partial charge on any atom is 0.231 e. The fourth-order valence-electron chi connectivity index (χ4n) is 2.82. The summed E-state index contributed by atoms with van der Waals surface area (Å²) in [4.78, 5) is 12.5. The molecule has 1 fully saturated rings. The summed E-state index contributed by atoms with van der Waals surface area (Å²) in [6, 6.07) is 7.45. The van der Waals surface area contributed by atoms with Crippen LogP contribution in [0.4, 0.5) is 5.69 Å². The van der Waals surface area contributed by atoms with Crippen LogP contribution in [0.3, 0.4) is 0 Å². The molecule has 2 rings (SSSR count). The topological polar surface area (TPSA) is 73.6 Å². The molecule has 1 atom stereocenters. The number of ether oxygens (including phenoxy) is 2. The van der Waals surface area contributed by atoms with Crippen molar-refractivity contribution in [3.63, 3.8) is 0 Å². The molecule has 1 aliphatic rings. The predicted molar refractivity (Wildman–Crippen MR) is 98.9 cm³/mol. The van der Waals surface area contributed by atoms with Crippen LogP contribution in [0.5, 0.6) is 5.75 Å². The first kappa shape index (κ1) is 20.7. The normalized spacial score (nSPS) is 17.2. The molecular weight excluding hydrogens is 328 g/mol. The third kappa shape index (κ3) is 5.10. The molecule has 5 nitrogen and oxygen atoms in total. The van der Waals surface area contributed by atoms with E-state index in [4.69, 9.17) is 15.2 Å². The maximum atomic E-state index is 12.5. The van der Waals surface area contributed by atoms with Gasteiger partial charge in [-0.05, 0) is 49.9 Å². The minimum atomic E-state index is -0.491. The van der Waals surface area contributed by atoms with Crippen molar-refractivity contribution in [3.05, 3.63) is 24.3 Å². The predicted octanol–water partition coefficient (Wildman–Crippen LogP) is 3.37. The van der Waals surface area contributed by atoms with Gasteiger partial charge in [-0.15, -0.1) is 12.4 Å². The molecule has 1 aromatic rings. The molecule has 1 heterocycles. The van der Waals surface area contributed by atoms with Crippen molar-refractivity contribution in [3.8, 4) is 5.75 Å². The molecule has 1 unspecified atom stereocenters. The Hall–Kier alpha value is -1.30. The van der Waals surface area contributed by atoms with Gasteiger partial charge in [-0.2, -0.15) is 0 Å². The quantitative estimate of drug-likeness (QED) is 0.749. The SMILES string of the molecule is CCC(CC)(CN)C(=O)Nc1ccc(OCC2CCCO2)cc1.Cl. The smallest absolute Gasteiger partial charge is 0.231 e. The van der Waals surface area contributed by atoms with Gasteiger partial charge in [0.25, 0.3) is 0 Å². The molecular formula is C18H29ClN2O3. The van der Waals surface area contributed by atoms with E-state index < -0.39 is 5.41 Å². The van der Waals surface area contributed by atoms with E-state index in [-0.39, 0.29) is 24.4 Å². The van der Waals surface area contributed by atoms with Gasteiger partial charge in [-0.3, -0.25) is 4.79 Å². The molecule has 0 saturated carbocycles. The van der Waals surface area contributed by atoms with Crippen molar-refractivity contribution in [2.24, 2.45) is 11.1 Å². The number of amides is 1. The standard InChI is InChI=1S/C18H28N2O3.ClH/c1-3-18(4-2,13-19)17(21)20-14-7-9-15(10-8-14)23-12-16-6-5-11-22-16;/h7-10,16H,3-6,11-13,19H2,1-2H3,(H,20,21);1H. The van der Waals surface area contributed by atoms with Gasteiger partial charge in [0.1, 0.15) is 12.4 Å². The molecule has 0 aliphatic carbocycles. The Kier molecular flexibility index (Phi) is 8.53. The van der Waals surface area contributed by atoms with Crippen LogP contribution in [-0.2, 0) is 9.53 Å². The summed E-state index contributed by atoms with van der Waals surface area (Å²) in [7, 11) is 0. The van der Waals surface area contributed by atoms with Crippen molar-refractivity contribution < 1.29 is 14.3 Å². The van der Waals surface area contributed by atoms with Crippen LogP contribution < -0.4 is 15.8 Å². The Morgan fingerprint density at radius 1 is 1.33 bits per heavy atom. The molecule has 0 spiro atoms. The molecule has 1 aromatic carbocycles. The maximum absolute atomic E-state index is 12.5. The summed E-state index contributed by atoms with van der Waals surface area (Å²) in [6.45, 7) is 5.76. The molecule has 1 saturated heterocycles. The van der Waals surface area contributed by atoms with E-state index in [1.54, 1.807) is 0 Å². The second kappa shape index (κ2) is 9.87. The highest BCUT2D eigenvalue weighted by Crippen LogP contribution is 2.27. The van der Waals surface area contributed by atoms with Gasteiger partial charge in [-0.1, -0.05) is 13.8 Å². The van der Waals surface area contributed by atoms with E-state index in [1.165, 1.54) is 0 Å². The number of nitrogens with one attached hydrogen (secondary N) is 1. The first-order valence-corrected chi connectivity index (χ1v) is 8.49. The second-order valence-electron chi connectivity index (χ2n) is 6.12. The van der Waals surface area contributed by atoms with Gasteiger partial charge in [0.2, 0.25) is 5.91 Å². The zero-order valence-electron chi connectivity index (χ0n) is 14.5. The fraction of sp³-hybridized carbons (Fsp3) is 0.611. The molecule has 0 radical (unpaired) electrons. The number of carbonyl (C=O) groups excluding carboxylic acids is 1. The average Bonchev–Trinajstić information content (AvgIpc) is 3.10. The molecule has 136 valence electrons. The highest BCUT2D eigenvalue weighted by atomic mass is 35.5. The van der Waals surface area contributed by atoms with E-state index in [0.717, 1.165) is 43.7 Å². The summed E-state index contributed by atoms with van der Waals surface area (Å²) in [5.74, 6) is 0.771. The number of nitrogens with two attached hydrogens (primary N) is 1. The van der Waals surface area contributed by atoms with Gasteiger partial charge in [0.15, 0.2) is 0 Å². The molecule has 0 aromatic heterocycles. The van der Waals surface area contributed by atoms with Gasteiger partial charge < -0.3 is 20.5 Å². The highest BCUT2D eigenvalue weighted by molar-refractivity contribution is 5.95. The number of hydrogen-bond acceptors (Lipinski definition) is 4. The number of benzene rings is 1. The van der Waals surface area contributed by atoms with E-state index in [0.29, 0.717) is 13.2 Å². The summed E-state index contributed by atoms with van der Waals surface area (Å²) in [5.41, 5.74) is 6.09. The van der Waals surface area contributed by atoms with Crippen LogP contribution >= 0.6 is 12.4 Å². The minimum Gasteiger partial charge on any atom is -0.491 e. The third-order valence-corrected chi connectivity index (χ3v) is 4.80. The van der Waals surface area contributed by atoms with Gasteiger partial charge in [0, 0.05) is 18.8 Å². The summed E-state index contributed by atoms with van der Waals surface area (Å²) in [6.07, 6.45) is 3.83. The Bertz CT molecular complexity index is 489. The zero-order valence-corrected chi connectivity index (χ0v) is 15.4. The van der Waals surface area contributed by atoms with E-state index in [2.05, 4.69) is 5.32 Å². The number of hydrogen-bond donors (Lipinski definition) is 2. The van der Waals surface area contributed by atoms with Gasteiger partial charge >= 0.3 is 0 Å². The minimum absolute atomic E-state index is 0. The second-order valence-corrected chi connectivity index (χ2v) is 6.12. The lowest BCUT2D eigenvalue weighted by Gasteiger charge is -2.28. The lowest BCUT2D eigenvalue weighted by atomic mass is 9.81. The van der Waals surface area contributed by atoms with Crippen LogP contribution in [0.1, 0.15) is 39.5 Å². The molecule has 6 heteroatoms. The molecule has 24 heavy (non-hydrogen) atoms. The highest BCUT2D eigenvalue weighted by Gasteiger charge is 2.33. The summed E-state index contributed by atoms with van der Waals surface area (Å²) >= 11 is 0. The summed E-state index contributed by atoms with van der Waals surface area (Å²) < 4.78 is 11.3. The number of rotatable bonds is 8. The lowest BCUT2D eigenvalue weighted by Crippen LogP contribution is -2.41. The van der Waals surface area contributed by atoms with Crippen molar-refractivity contribution in [1.82, 2.24) is 0 Å². The third-order valence-electron chi connectivity index (χ3n) is 4.80. The molecule has 1 aliphatic heterocycles. The van der Waals surface area contributed by atoms with Crippen molar-refractivity contribution in [2.75, 3.05) is 25.1 Å². The molecule has 0 bridgehead atoms. The Morgan fingerprint density at radius 2 is 2.00 bits per heavy atom.